The first-order chi connectivity index (χ1) is 20.6. The Morgan fingerprint density at radius 1 is 1.14 bits per heavy atom. The molecule has 5 saturated carbocycles. The summed E-state index contributed by atoms with van der Waals surface area (Å²) in [5, 5.41) is 0. The molecule has 9 heteroatoms. The minimum Gasteiger partial charge on any atom is -0.462 e. The average molecular weight is 727 g/mol. The molecule has 0 radical (unpaired) electrons. The maximum absolute atomic E-state index is 15.9. The van der Waals surface area contributed by atoms with Gasteiger partial charge in [0, 0.05) is 35.7 Å². The van der Waals surface area contributed by atoms with Gasteiger partial charge in [-0.25, -0.2) is 13.2 Å². The number of halogens is 4. The summed E-state index contributed by atoms with van der Waals surface area (Å²) in [4.78, 5) is 39.5. The highest BCUT2D eigenvalue weighted by molar-refractivity contribution is 14.1. The van der Waals surface area contributed by atoms with Crippen LogP contribution in [0.1, 0.15) is 83.3 Å². The van der Waals surface area contributed by atoms with E-state index in [2.05, 4.69) is 13.5 Å². The third kappa shape index (κ3) is 4.83. The lowest BCUT2D eigenvalue weighted by molar-refractivity contribution is -0.157. The lowest BCUT2D eigenvalue weighted by Crippen LogP contribution is -2.49. The molecular formula is C35H42F3IO5. The zero-order valence-electron chi connectivity index (χ0n) is 25.6. The van der Waals surface area contributed by atoms with Gasteiger partial charge < -0.3 is 9.47 Å². The van der Waals surface area contributed by atoms with Crippen molar-refractivity contribution in [1.29, 1.82) is 0 Å². The molecular weight excluding hydrogens is 684 g/mol. The number of alkyl halides is 4. The van der Waals surface area contributed by atoms with Crippen molar-refractivity contribution in [2.24, 2.45) is 40.4 Å². The number of esters is 1. The Hall–Kier alpha value is -1.75. The van der Waals surface area contributed by atoms with E-state index in [1.54, 1.807) is 6.92 Å². The highest BCUT2D eigenvalue weighted by Crippen LogP contribution is 2.78. The van der Waals surface area contributed by atoms with E-state index < -0.39 is 44.5 Å². The molecule has 0 aromatic heterocycles. The van der Waals surface area contributed by atoms with Gasteiger partial charge in [-0.1, -0.05) is 59.9 Å². The summed E-state index contributed by atoms with van der Waals surface area (Å²) in [6.45, 7) is 8.62. The van der Waals surface area contributed by atoms with Crippen LogP contribution in [0.5, 0.6) is 0 Å². The van der Waals surface area contributed by atoms with Crippen LogP contribution < -0.4 is 0 Å². The number of rotatable bonds is 12. The minimum atomic E-state index is -2.97. The number of Topliss-reactive ketones (excluding diaryl/α,β-unsaturated/α-hetero) is 1. The largest absolute Gasteiger partial charge is 0.462 e. The van der Waals surface area contributed by atoms with Crippen molar-refractivity contribution in [3.63, 3.8) is 0 Å². The highest BCUT2D eigenvalue weighted by atomic mass is 127. The van der Waals surface area contributed by atoms with Gasteiger partial charge in [0.05, 0.1) is 18.8 Å². The Bertz CT molecular complexity index is 1340. The van der Waals surface area contributed by atoms with E-state index in [0.717, 1.165) is 32.1 Å². The quantitative estimate of drug-likeness (QED) is 0.0726. The number of hydrogen-bond donors (Lipinski definition) is 0. The van der Waals surface area contributed by atoms with Crippen molar-refractivity contribution in [1.82, 2.24) is 0 Å². The molecule has 2 bridgehead atoms. The number of hydrogen-bond acceptors (Lipinski definition) is 5. The van der Waals surface area contributed by atoms with Gasteiger partial charge in [-0.15, -0.1) is 6.58 Å². The van der Waals surface area contributed by atoms with Crippen molar-refractivity contribution in [3.05, 3.63) is 48.0 Å². The second-order valence-electron chi connectivity index (χ2n) is 14.8. The predicted octanol–water partition coefficient (Wildman–Crippen LogP) is 7.71. The molecule has 5 aliphatic carbocycles. The fourth-order valence-electron chi connectivity index (χ4n) is 9.70. The van der Waals surface area contributed by atoms with Crippen molar-refractivity contribution in [2.45, 2.75) is 106 Å². The zero-order chi connectivity index (χ0) is 31.9. The number of benzene rings is 1. The fraction of sp³-hybridized carbons (Fsp3) is 0.686. The minimum absolute atomic E-state index is 0.00594. The molecule has 1 aromatic carbocycles. The van der Waals surface area contributed by atoms with E-state index in [0.29, 0.717) is 36.2 Å². The lowest BCUT2D eigenvalue weighted by Gasteiger charge is -2.42. The molecule has 0 heterocycles. The number of carbonyl (C=O) groups is 3. The van der Waals surface area contributed by atoms with Crippen molar-refractivity contribution in [2.75, 3.05) is 0 Å². The molecule has 0 saturated heterocycles. The molecule has 0 N–H and O–H groups in total. The maximum atomic E-state index is 15.9. The summed E-state index contributed by atoms with van der Waals surface area (Å²) in [7, 11) is 0. The molecule has 240 valence electrons. The zero-order valence-corrected chi connectivity index (χ0v) is 27.8. The van der Waals surface area contributed by atoms with Crippen molar-refractivity contribution in [3.8, 4) is 0 Å². The number of carbonyl (C=O) groups excluding carboxylic acids is 3. The molecule has 5 fully saturated rings. The van der Waals surface area contributed by atoms with Gasteiger partial charge in [0.15, 0.2) is 15.4 Å². The van der Waals surface area contributed by atoms with E-state index in [9.17, 15) is 23.2 Å². The summed E-state index contributed by atoms with van der Waals surface area (Å²) in [6, 6.07) is 5.72. The van der Waals surface area contributed by atoms with Crippen molar-refractivity contribution < 1.29 is 37.0 Å². The Labute approximate surface area is 271 Å². The van der Waals surface area contributed by atoms with Crippen LogP contribution in [0.4, 0.5) is 13.2 Å². The Kier molecular flexibility index (Phi) is 7.99. The first-order valence-electron chi connectivity index (χ1n) is 15.9. The maximum Gasteiger partial charge on any atom is 0.325 e. The molecule has 0 spiro atoms. The Morgan fingerprint density at radius 3 is 2.48 bits per heavy atom. The SMILES string of the molecule is C=CC12C[C@@H](OCc3ccc(C(C)(F)F)cc3)[C@](I)(C(=O)OC(C)CCC(=O)C34CC(C)CC5CC(C3)C5C4)C1[C@@]2(F)C=O. The second-order valence-corrected chi connectivity index (χ2v) is 16.5. The van der Waals surface area contributed by atoms with Crippen LogP contribution in [0.25, 0.3) is 0 Å². The summed E-state index contributed by atoms with van der Waals surface area (Å²) >= 11 is 1.89. The van der Waals surface area contributed by atoms with Gasteiger partial charge in [-0.3, -0.25) is 14.4 Å². The Morgan fingerprint density at radius 2 is 1.84 bits per heavy atom. The topological polar surface area (TPSA) is 69.7 Å². The molecule has 1 aromatic rings. The molecule has 5 nitrogen and oxygen atoms in total. The second kappa shape index (κ2) is 10.9. The van der Waals surface area contributed by atoms with Crippen LogP contribution in [-0.2, 0) is 36.4 Å². The number of allylic oxidation sites excluding steroid dienone is 1. The van der Waals surface area contributed by atoms with E-state index >= 15 is 4.39 Å². The van der Waals surface area contributed by atoms with Crippen LogP contribution >= 0.6 is 22.6 Å². The van der Waals surface area contributed by atoms with Crippen LogP contribution in [0.2, 0.25) is 0 Å². The standard InChI is InChI=1S/C35H42F3IO5/c1-5-33-17-28(43-18-22-7-9-25(10-8-22)31(4,36)37)35(39,29(33)34(33,38)19-40)30(42)44-21(3)6-11-27(41)32-14-20(2)12-23-13-24(15-32)26(23)16-32/h5,7-10,19-21,23-24,26,28-29H,1,6,11-18H2,2-4H3/t20?,21?,23?,24?,26?,28-,29?,32?,33?,34+,35-/m1/s1. The van der Waals surface area contributed by atoms with Gasteiger partial charge in [-0.2, -0.15) is 0 Å². The number of ketones is 1. The molecule has 0 amide bonds. The molecule has 44 heavy (non-hydrogen) atoms. The normalized spacial score (nSPS) is 42.4. The van der Waals surface area contributed by atoms with E-state index in [1.165, 1.54) is 43.2 Å². The Balaban J connectivity index is 1.13. The van der Waals surface area contributed by atoms with E-state index in [-0.39, 0.29) is 36.1 Å². The van der Waals surface area contributed by atoms with Crippen LogP contribution in [0.15, 0.2) is 36.9 Å². The predicted molar refractivity (Wildman–Crippen MR) is 167 cm³/mol. The molecule has 0 aliphatic heterocycles. The fourth-order valence-corrected chi connectivity index (χ4v) is 11.2. The summed E-state index contributed by atoms with van der Waals surface area (Å²) in [5.41, 5.74) is -3.29. The first kappa shape index (κ1) is 32.2. The molecule has 5 aliphatic rings. The van der Waals surface area contributed by atoms with Crippen LogP contribution in [0.3, 0.4) is 0 Å². The first-order valence-corrected chi connectivity index (χ1v) is 17.0. The molecule has 6 rings (SSSR count). The third-order valence-corrected chi connectivity index (χ3v) is 13.7. The van der Waals surface area contributed by atoms with Gasteiger partial charge in [0.2, 0.25) is 0 Å². The number of fused-ring (bicyclic) bond motifs is 2. The summed E-state index contributed by atoms with van der Waals surface area (Å²) in [5.74, 6) is -1.72. The smallest absolute Gasteiger partial charge is 0.325 e. The van der Waals surface area contributed by atoms with Gasteiger partial charge in [0.25, 0.3) is 5.92 Å². The molecule has 8 unspecified atom stereocenters. The summed E-state index contributed by atoms with van der Waals surface area (Å²) in [6.07, 6.45) is 6.41. The van der Waals surface area contributed by atoms with Crippen LogP contribution in [0, 0.1) is 40.4 Å². The molecule has 11 atom stereocenters. The van der Waals surface area contributed by atoms with E-state index in [4.69, 9.17) is 9.47 Å². The lowest BCUT2D eigenvalue weighted by atomic mass is 9.63. The van der Waals surface area contributed by atoms with Gasteiger partial charge in [0.1, 0.15) is 5.78 Å². The average Bonchev–Trinajstić information content (AvgIpc) is 3.24. The van der Waals surface area contributed by atoms with Crippen molar-refractivity contribution >= 4 is 40.6 Å². The highest BCUT2D eigenvalue weighted by Gasteiger charge is 2.90. The third-order valence-electron chi connectivity index (χ3n) is 12.0. The number of ether oxygens (including phenoxy) is 2. The summed E-state index contributed by atoms with van der Waals surface area (Å²) < 4.78 is 53.8. The number of aldehydes is 1. The monoisotopic (exact) mass is 726 g/mol. The van der Waals surface area contributed by atoms with Gasteiger partial charge >= 0.3 is 5.97 Å². The van der Waals surface area contributed by atoms with Gasteiger partial charge in [-0.05, 0) is 81.1 Å². The van der Waals surface area contributed by atoms with E-state index in [1.807, 2.05) is 22.6 Å². The van der Waals surface area contributed by atoms with Crippen LogP contribution in [-0.4, -0.2) is 39.3 Å².